The van der Waals surface area contributed by atoms with Gasteiger partial charge in [-0.15, -0.1) is 0 Å². The van der Waals surface area contributed by atoms with Crippen LogP contribution in [0.4, 0.5) is 5.82 Å². The van der Waals surface area contributed by atoms with Crippen LogP contribution in [0.3, 0.4) is 0 Å². The molecule has 0 radical (unpaired) electrons. The summed E-state index contributed by atoms with van der Waals surface area (Å²) in [6.07, 6.45) is 6.34. The summed E-state index contributed by atoms with van der Waals surface area (Å²) >= 11 is 0. The minimum absolute atomic E-state index is 0.404. The largest absolute Gasteiger partial charge is 0.478 e. The Morgan fingerprint density at radius 2 is 2.30 bits per heavy atom. The lowest BCUT2D eigenvalue weighted by Crippen LogP contribution is -2.58. The van der Waals surface area contributed by atoms with Crippen LogP contribution in [0.5, 0.6) is 5.88 Å². The maximum atomic E-state index is 5.49. The van der Waals surface area contributed by atoms with Gasteiger partial charge in [0.1, 0.15) is 11.6 Å². The first-order chi connectivity index (χ1) is 9.69. The third-order valence-corrected chi connectivity index (χ3v) is 4.40. The van der Waals surface area contributed by atoms with Crippen molar-refractivity contribution in [3.63, 3.8) is 0 Å². The zero-order valence-corrected chi connectivity index (χ0v) is 12.4. The number of nitrogens with zero attached hydrogens (tertiary/aromatic N) is 2. The van der Waals surface area contributed by atoms with Crippen LogP contribution >= 0.6 is 0 Å². The number of aryl methyl sites for hydroxylation is 1. The molecule has 0 amide bonds. The number of anilines is 1. The maximum Gasteiger partial charge on any atom is 0.218 e. The van der Waals surface area contributed by atoms with Gasteiger partial charge in [-0.25, -0.2) is 4.98 Å². The maximum absolute atomic E-state index is 5.49. The highest BCUT2D eigenvalue weighted by atomic mass is 16.5. The molecule has 1 saturated heterocycles. The zero-order chi connectivity index (χ0) is 14.0. The molecule has 3 rings (SSSR count). The van der Waals surface area contributed by atoms with Crippen LogP contribution in [-0.4, -0.2) is 34.7 Å². The lowest BCUT2D eigenvalue weighted by Gasteiger charge is -2.48. The molecule has 2 N–H and O–H groups in total. The van der Waals surface area contributed by atoms with E-state index in [4.69, 9.17) is 4.74 Å². The molecular weight excluding hydrogens is 252 g/mol. The minimum atomic E-state index is 0.404. The number of rotatable bonds is 4. The number of ether oxygens (including phenoxy) is 1. The van der Waals surface area contributed by atoms with Crippen molar-refractivity contribution in [2.75, 3.05) is 18.5 Å². The number of piperidine rings is 1. The third kappa shape index (κ3) is 2.87. The SMILES string of the molecule is CCOc1cc(NC2CCNC3(CCC3)C2)nc(C)n1. The fourth-order valence-corrected chi connectivity index (χ4v) is 3.31. The van der Waals surface area contributed by atoms with E-state index < -0.39 is 0 Å². The molecule has 2 aliphatic rings. The molecule has 5 nitrogen and oxygen atoms in total. The average Bonchev–Trinajstić information content (AvgIpc) is 2.37. The summed E-state index contributed by atoms with van der Waals surface area (Å²) < 4.78 is 5.49. The third-order valence-electron chi connectivity index (χ3n) is 4.40. The Kier molecular flexibility index (Phi) is 3.78. The first-order valence-electron chi connectivity index (χ1n) is 7.69. The number of hydrogen-bond donors (Lipinski definition) is 2. The van der Waals surface area contributed by atoms with E-state index >= 15 is 0 Å². The topological polar surface area (TPSA) is 59.1 Å². The first-order valence-corrected chi connectivity index (χ1v) is 7.69. The normalized spacial score (nSPS) is 24.2. The Labute approximate surface area is 120 Å². The molecule has 1 saturated carbocycles. The minimum Gasteiger partial charge on any atom is -0.478 e. The van der Waals surface area contributed by atoms with Gasteiger partial charge < -0.3 is 15.4 Å². The van der Waals surface area contributed by atoms with E-state index in [0.29, 0.717) is 24.1 Å². The van der Waals surface area contributed by atoms with E-state index in [1.54, 1.807) is 0 Å². The molecule has 1 aliphatic carbocycles. The van der Waals surface area contributed by atoms with Crippen molar-refractivity contribution >= 4 is 5.82 Å². The van der Waals surface area contributed by atoms with Gasteiger partial charge in [0.15, 0.2) is 0 Å². The van der Waals surface area contributed by atoms with Crippen molar-refractivity contribution < 1.29 is 4.74 Å². The van der Waals surface area contributed by atoms with Gasteiger partial charge in [-0.2, -0.15) is 4.98 Å². The van der Waals surface area contributed by atoms with Gasteiger partial charge in [-0.05, 0) is 52.5 Å². The Morgan fingerprint density at radius 3 is 3.00 bits per heavy atom. The van der Waals surface area contributed by atoms with Gasteiger partial charge in [0.2, 0.25) is 5.88 Å². The Bertz CT molecular complexity index is 473. The average molecular weight is 276 g/mol. The van der Waals surface area contributed by atoms with Crippen molar-refractivity contribution in [3.05, 3.63) is 11.9 Å². The second-order valence-electron chi connectivity index (χ2n) is 5.97. The number of nitrogens with one attached hydrogen (secondary N) is 2. The Hall–Kier alpha value is -1.36. The molecule has 1 aliphatic heterocycles. The van der Waals surface area contributed by atoms with Gasteiger partial charge in [-0.3, -0.25) is 0 Å². The smallest absolute Gasteiger partial charge is 0.218 e. The molecule has 1 aromatic heterocycles. The van der Waals surface area contributed by atoms with Crippen molar-refractivity contribution in [2.24, 2.45) is 0 Å². The zero-order valence-electron chi connectivity index (χ0n) is 12.4. The highest BCUT2D eigenvalue weighted by Crippen LogP contribution is 2.38. The van der Waals surface area contributed by atoms with E-state index in [2.05, 4.69) is 20.6 Å². The van der Waals surface area contributed by atoms with Crippen LogP contribution in [-0.2, 0) is 0 Å². The Morgan fingerprint density at radius 1 is 1.45 bits per heavy atom. The Balaban J connectivity index is 1.67. The van der Waals surface area contributed by atoms with Crippen molar-refractivity contribution in [2.45, 2.75) is 57.5 Å². The molecule has 1 spiro atoms. The second kappa shape index (κ2) is 5.56. The second-order valence-corrected chi connectivity index (χ2v) is 5.97. The molecular formula is C15H24N4O. The van der Waals surface area contributed by atoms with Gasteiger partial charge in [0.05, 0.1) is 6.61 Å². The number of aromatic nitrogens is 2. The summed E-state index contributed by atoms with van der Waals surface area (Å²) in [4.78, 5) is 8.77. The molecule has 20 heavy (non-hydrogen) atoms. The van der Waals surface area contributed by atoms with Crippen LogP contribution in [0.25, 0.3) is 0 Å². The summed E-state index contributed by atoms with van der Waals surface area (Å²) in [5.41, 5.74) is 0.404. The lowest BCUT2D eigenvalue weighted by atomic mass is 9.70. The highest BCUT2D eigenvalue weighted by molar-refractivity contribution is 5.39. The molecule has 1 atom stereocenters. The molecule has 5 heteroatoms. The van der Waals surface area contributed by atoms with Crippen LogP contribution in [0, 0.1) is 6.92 Å². The number of hydrogen-bond acceptors (Lipinski definition) is 5. The fourth-order valence-electron chi connectivity index (χ4n) is 3.31. The molecule has 2 heterocycles. The highest BCUT2D eigenvalue weighted by Gasteiger charge is 2.40. The molecule has 0 bridgehead atoms. The quantitative estimate of drug-likeness (QED) is 0.883. The van der Waals surface area contributed by atoms with E-state index in [1.165, 1.54) is 25.7 Å². The van der Waals surface area contributed by atoms with Crippen molar-refractivity contribution in [1.29, 1.82) is 0 Å². The first kappa shape index (κ1) is 13.6. The van der Waals surface area contributed by atoms with Crippen molar-refractivity contribution in [3.8, 4) is 5.88 Å². The van der Waals surface area contributed by atoms with Crippen LogP contribution < -0.4 is 15.4 Å². The van der Waals surface area contributed by atoms with Gasteiger partial charge >= 0.3 is 0 Å². The van der Waals surface area contributed by atoms with E-state index in [1.807, 2.05) is 19.9 Å². The molecule has 0 aromatic carbocycles. The van der Waals surface area contributed by atoms with Crippen LogP contribution in [0.1, 0.15) is 44.9 Å². The lowest BCUT2D eigenvalue weighted by molar-refractivity contribution is 0.135. The van der Waals surface area contributed by atoms with E-state index in [-0.39, 0.29) is 0 Å². The van der Waals surface area contributed by atoms with Gasteiger partial charge in [0, 0.05) is 17.6 Å². The molecule has 1 unspecified atom stereocenters. The standard InChI is InChI=1S/C15H24N4O/c1-3-20-14-9-13(17-11(2)18-14)19-12-5-8-16-15(10-12)6-4-7-15/h9,12,16H,3-8,10H2,1-2H3,(H,17,18,19). The summed E-state index contributed by atoms with van der Waals surface area (Å²) in [7, 11) is 0. The summed E-state index contributed by atoms with van der Waals surface area (Å²) in [5, 5.41) is 7.27. The van der Waals surface area contributed by atoms with Crippen molar-refractivity contribution in [1.82, 2.24) is 15.3 Å². The summed E-state index contributed by atoms with van der Waals surface area (Å²) in [5.74, 6) is 2.31. The van der Waals surface area contributed by atoms with E-state index in [9.17, 15) is 0 Å². The van der Waals surface area contributed by atoms with Gasteiger partial charge in [-0.1, -0.05) is 0 Å². The summed E-state index contributed by atoms with van der Waals surface area (Å²) in [6, 6.07) is 2.41. The molecule has 2 fully saturated rings. The molecule has 110 valence electrons. The van der Waals surface area contributed by atoms with Gasteiger partial charge in [0.25, 0.3) is 0 Å². The summed E-state index contributed by atoms with van der Waals surface area (Å²) in [6.45, 7) is 5.60. The monoisotopic (exact) mass is 276 g/mol. The predicted molar refractivity (Wildman–Crippen MR) is 79.2 cm³/mol. The van der Waals surface area contributed by atoms with Crippen LogP contribution in [0.15, 0.2) is 6.07 Å². The fraction of sp³-hybridized carbons (Fsp3) is 0.733. The predicted octanol–water partition coefficient (Wildman–Crippen LogP) is 2.27. The van der Waals surface area contributed by atoms with Crippen LogP contribution in [0.2, 0.25) is 0 Å². The molecule has 1 aromatic rings. The van der Waals surface area contributed by atoms with E-state index in [0.717, 1.165) is 24.6 Å².